The van der Waals surface area contributed by atoms with Crippen molar-refractivity contribution >= 4 is 29.1 Å². The van der Waals surface area contributed by atoms with Crippen molar-refractivity contribution in [2.24, 2.45) is 0 Å². The van der Waals surface area contributed by atoms with Gasteiger partial charge in [0.1, 0.15) is 0 Å². The molecule has 0 aliphatic rings. The van der Waals surface area contributed by atoms with E-state index in [-0.39, 0.29) is 17.9 Å². The zero-order chi connectivity index (χ0) is 17.7. The van der Waals surface area contributed by atoms with Gasteiger partial charge in [-0.2, -0.15) is 0 Å². The number of aryl methyl sites for hydroxylation is 1. The van der Waals surface area contributed by atoms with Gasteiger partial charge < -0.3 is 10.6 Å². The summed E-state index contributed by atoms with van der Waals surface area (Å²) in [5.41, 5.74) is 2.44. The largest absolute Gasteiger partial charge is 0.350 e. The highest BCUT2D eigenvalue weighted by Gasteiger charge is 2.12. The summed E-state index contributed by atoms with van der Waals surface area (Å²) in [7, 11) is 0. The van der Waals surface area contributed by atoms with E-state index in [0.29, 0.717) is 21.8 Å². The van der Waals surface area contributed by atoms with Gasteiger partial charge in [0.2, 0.25) is 0 Å². The van der Waals surface area contributed by atoms with Gasteiger partial charge in [0.05, 0.1) is 0 Å². The van der Waals surface area contributed by atoms with Crippen LogP contribution >= 0.6 is 11.6 Å². The van der Waals surface area contributed by atoms with Gasteiger partial charge in [-0.05, 0) is 56.2 Å². The maximum Gasteiger partial charge on any atom is 0.255 e. The van der Waals surface area contributed by atoms with Crippen LogP contribution in [-0.4, -0.2) is 17.9 Å². The molecule has 0 bridgehead atoms. The third-order valence-electron chi connectivity index (χ3n) is 3.81. The number of hydrogen-bond donors (Lipinski definition) is 2. The molecule has 0 aliphatic carbocycles. The van der Waals surface area contributed by atoms with Crippen LogP contribution in [0.25, 0.3) is 0 Å². The molecule has 0 saturated heterocycles. The lowest BCUT2D eigenvalue weighted by atomic mass is 10.1. The third-order valence-corrected chi connectivity index (χ3v) is 4.21. The summed E-state index contributed by atoms with van der Waals surface area (Å²) in [6.45, 7) is 5.84. The van der Waals surface area contributed by atoms with Crippen molar-refractivity contribution in [3.63, 3.8) is 0 Å². The highest BCUT2D eigenvalue weighted by atomic mass is 35.5. The molecule has 0 aromatic heterocycles. The highest BCUT2D eigenvalue weighted by Crippen LogP contribution is 2.20. The van der Waals surface area contributed by atoms with E-state index in [9.17, 15) is 9.59 Å². The second-order valence-corrected chi connectivity index (χ2v) is 6.19. The Kier molecular flexibility index (Phi) is 5.99. The summed E-state index contributed by atoms with van der Waals surface area (Å²) >= 11 is 6.07. The van der Waals surface area contributed by atoms with Gasteiger partial charge in [0.15, 0.2) is 0 Å². The Labute approximate surface area is 147 Å². The number of benzene rings is 2. The van der Waals surface area contributed by atoms with Gasteiger partial charge >= 0.3 is 0 Å². The van der Waals surface area contributed by atoms with Crippen LogP contribution in [0.5, 0.6) is 0 Å². The molecule has 5 heteroatoms. The number of anilines is 1. The molecule has 2 aromatic rings. The fraction of sp³-hybridized carbons (Fsp3) is 0.263. The molecule has 0 saturated carbocycles. The van der Waals surface area contributed by atoms with Crippen LogP contribution in [0.3, 0.4) is 0 Å². The van der Waals surface area contributed by atoms with Crippen LogP contribution in [0.15, 0.2) is 42.5 Å². The second-order valence-electron chi connectivity index (χ2n) is 5.78. The average molecular weight is 345 g/mol. The van der Waals surface area contributed by atoms with Crippen LogP contribution in [0.2, 0.25) is 5.02 Å². The first kappa shape index (κ1) is 18.0. The van der Waals surface area contributed by atoms with E-state index in [2.05, 4.69) is 10.6 Å². The van der Waals surface area contributed by atoms with E-state index in [1.807, 2.05) is 26.8 Å². The van der Waals surface area contributed by atoms with Gasteiger partial charge in [0.25, 0.3) is 11.8 Å². The molecule has 2 rings (SSSR count). The predicted molar refractivity (Wildman–Crippen MR) is 97.8 cm³/mol. The summed E-state index contributed by atoms with van der Waals surface area (Å²) < 4.78 is 0. The standard InChI is InChI=1S/C19H21ClN2O2/c1-4-13(3)21-18(23)14-6-5-7-15(10-14)19(24)22-16-9-8-12(2)17(20)11-16/h5-11,13H,4H2,1-3H3,(H,21,23)(H,22,24). The second kappa shape index (κ2) is 7.97. The smallest absolute Gasteiger partial charge is 0.255 e. The molecule has 2 aromatic carbocycles. The molecule has 0 fully saturated rings. The average Bonchev–Trinajstić information content (AvgIpc) is 2.58. The van der Waals surface area contributed by atoms with E-state index in [0.717, 1.165) is 12.0 Å². The van der Waals surface area contributed by atoms with Gasteiger partial charge in [-0.15, -0.1) is 0 Å². The molecule has 2 amide bonds. The van der Waals surface area contributed by atoms with E-state index in [1.54, 1.807) is 36.4 Å². The van der Waals surface area contributed by atoms with E-state index < -0.39 is 0 Å². The lowest BCUT2D eigenvalue weighted by Crippen LogP contribution is -2.32. The van der Waals surface area contributed by atoms with Crippen LogP contribution in [0.4, 0.5) is 5.69 Å². The Morgan fingerprint density at radius 3 is 2.38 bits per heavy atom. The molecule has 24 heavy (non-hydrogen) atoms. The fourth-order valence-electron chi connectivity index (χ4n) is 2.08. The number of carbonyl (C=O) groups excluding carboxylic acids is 2. The SMILES string of the molecule is CCC(C)NC(=O)c1cccc(C(=O)Nc2ccc(C)c(Cl)c2)c1. The Morgan fingerprint density at radius 1 is 1.08 bits per heavy atom. The van der Waals surface area contributed by atoms with Gasteiger partial charge in [0, 0.05) is 27.9 Å². The van der Waals surface area contributed by atoms with Crippen molar-refractivity contribution < 1.29 is 9.59 Å². The van der Waals surface area contributed by atoms with Crippen molar-refractivity contribution in [2.45, 2.75) is 33.2 Å². The van der Waals surface area contributed by atoms with E-state index >= 15 is 0 Å². The monoisotopic (exact) mass is 344 g/mol. The Morgan fingerprint density at radius 2 is 1.75 bits per heavy atom. The number of halogens is 1. The zero-order valence-corrected chi connectivity index (χ0v) is 14.8. The maximum atomic E-state index is 12.4. The Hall–Kier alpha value is -2.33. The molecule has 1 unspecified atom stereocenters. The summed E-state index contributed by atoms with van der Waals surface area (Å²) in [4.78, 5) is 24.5. The van der Waals surface area contributed by atoms with Crippen LogP contribution in [0.1, 0.15) is 46.5 Å². The minimum Gasteiger partial charge on any atom is -0.350 e. The van der Waals surface area contributed by atoms with Crippen molar-refractivity contribution in [2.75, 3.05) is 5.32 Å². The number of nitrogens with one attached hydrogen (secondary N) is 2. The maximum absolute atomic E-state index is 12.4. The highest BCUT2D eigenvalue weighted by molar-refractivity contribution is 6.31. The van der Waals surface area contributed by atoms with E-state index in [1.165, 1.54) is 0 Å². The van der Waals surface area contributed by atoms with E-state index in [4.69, 9.17) is 11.6 Å². The van der Waals surface area contributed by atoms with Gasteiger partial charge in [-0.3, -0.25) is 9.59 Å². The van der Waals surface area contributed by atoms with Crippen LogP contribution < -0.4 is 10.6 Å². The number of carbonyl (C=O) groups is 2. The molecule has 0 radical (unpaired) electrons. The number of amides is 2. The first-order chi connectivity index (χ1) is 11.4. The molecule has 0 heterocycles. The normalized spacial score (nSPS) is 11.7. The molecule has 4 nitrogen and oxygen atoms in total. The first-order valence-corrected chi connectivity index (χ1v) is 8.27. The summed E-state index contributed by atoms with van der Waals surface area (Å²) in [6.07, 6.45) is 0.847. The molecule has 126 valence electrons. The van der Waals surface area contributed by atoms with Crippen molar-refractivity contribution in [3.8, 4) is 0 Å². The summed E-state index contributed by atoms with van der Waals surface area (Å²) in [6, 6.07) is 12.1. The van der Waals surface area contributed by atoms with Crippen molar-refractivity contribution in [1.82, 2.24) is 5.32 Å². The van der Waals surface area contributed by atoms with Crippen LogP contribution in [0, 0.1) is 6.92 Å². The fourth-order valence-corrected chi connectivity index (χ4v) is 2.27. The minimum absolute atomic E-state index is 0.0877. The quantitative estimate of drug-likeness (QED) is 0.843. The first-order valence-electron chi connectivity index (χ1n) is 7.89. The Balaban J connectivity index is 2.13. The number of rotatable bonds is 5. The summed E-state index contributed by atoms with van der Waals surface area (Å²) in [5, 5.41) is 6.27. The molecular formula is C19H21ClN2O2. The third kappa shape index (κ3) is 4.59. The van der Waals surface area contributed by atoms with Crippen molar-refractivity contribution in [1.29, 1.82) is 0 Å². The Bertz CT molecular complexity index is 759. The van der Waals surface area contributed by atoms with Gasteiger partial charge in [-0.25, -0.2) is 0 Å². The van der Waals surface area contributed by atoms with Gasteiger partial charge in [-0.1, -0.05) is 30.7 Å². The summed E-state index contributed by atoms with van der Waals surface area (Å²) in [5.74, 6) is -0.467. The molecule has 0 spiro atoms. The van der Waals surface area contributed by atoms with Crippen molar-refractivity contribution in [3.05, 3.63) is 64.2 Å². The number of hydrogen-bond acceptors (Lipinski definition) is 2. The lowest BCUT2D eigenvalue weighted by molar-refractivity contribution is 0.0939. The topological polar surface area (TPSA) is 58.2 Å². The molecule has 2 N–H and O–H groups in total. The molecule has 0 aliphatic heterocycles. The lowest BCUT2D eigenvalue weighted by Gasteiger charge is -2.12. The molecule has 1 atom stereocenters. The zero-order valence-electron chi connectivity index (χ0n) is 14.0. The minimum atomic E-state index is -0.284. The predicted octanol–water partition coefficient (Wildman–Crippen LogP) is 4.43. The van der Waals surface area contributed by atoms with Crippen LogP contribution in [-0.2, 0) is 0 Å². The molecular weight excluding hydrogens is 324 g/mol.